The van der Waals surface area contributed by atoms with Gasteiger partial charge in [0.1, 0.15) is 0 Å². The Morgan fingerprint density at radius 1 is 1.38 bits per heavy atom. The molecule has 118 valence electrons. The molecular formula is C17H27NO3. The number of ether oxygens (including phenoxy) is 3. The maximum atomic E-state index is 5.77. The molecule has 0 aliphatic carbocycles. The van der Waals surface area contributed by atoms with Gasteiger partial charge in [-0.2, -0.15) is 0 Å². The smallest absolute Gasteiger partial charge is 0.165 e. The summed E-state index contributed by atoms with van der Waals surface area (Å²) in [7, 11) is 3.84. The first-order chi connectivity index (χ1) is 10.2. The average molecular weight is 293 g/mol. The molecule has 1 aliphatic rings. The molecule has 1 fully saturated rings. The predicted octanol–water partition coefficient (Wildman–Crippen LogP) is 2.95. The van der Waals surface area contributed by atoms with Crippen molar-refractivity contribution in [2.45, 2.75) is 26.3 Å². The summed E-state index contributed by atoms with van der Waals surface area (Å²) in [6.45, 7) is 6.38. The average Bonchev–Trinajstić information content (AvgIpc) is 2.50. The number of rotatable bonds is 7. The van der Waals surface area contributed by atoms with Gasteiger partial charge in [0.15, 0.2) is 11.5 Å². The fourth-order valence-electron chi connectivity index (χ4n) is 2.90. The number of para-hydroxylation sites is 1. The standard InChI is InChI=1S/C17H27NO3/c1-4-21-17-15(8-5-9-16(17)19-3)12-18(2)11-14-7-6-10-20-13-14/h5,8-9,14H,4,6-7,10-13H2,1-3H3/t14-/m0/s1. The number of hydrogen-bond acceptors (Lipinski definition) is 4. The monoisotopic (exact) mass is 293 g/mol. The highest BCUT2D eigenvalue weighted by molar-refractivity contribution is 5.46. The summed E-state index contributed by atoms with van der Waals surface area (Å²) in [4.78, 5) is 2.34. The normalized spacial score (nSPS) is 18.8. The zero-order valence-corrected chi connectivity index (χ0v) is 13.4. The van der Waals surface area contributed by atoms with Crippen LogP contribution in [0.5, 0.6) is 11.5 Å². The molecule has 1 aliphatic heterocycles. The minimum Gasteiger partial charge on any atom is -0.493 e. The SMILES string of the molecule is CCOc1c(CN(C)C[C@@H]2CCCOC2)cccc1OC. The number of nitrogens with zero attached hydrogens (tertiary/aromatic N) is 1. The van der Waals surface area contributed by atoms with E-state index in [-0.39, 0.29) is 0 Å². The number of hydrogen-bond donors (Lipinski definition) is 0. The minimum absolute atomic E-state index is 0.643. The van der Waals surface area contributed by atoms with Crippen molar-refractivity contribution >= 4 is 0 Å². The first kappa shape index (κ1) is 16.1. The second-order valence-electron chi connectivity index (χ2n) is 5.66. The number of methoxy groups -OCH3 is 1. The maximum Gasteiger partial charge on any atom is 0.165 e. The van der Waals surface area contributed by atoms with Crippen molar-refractivity contribution in [3.05, 3.63) is 23.8 Å². The van der Waals surface area contributed by atoms with Gasteiger partial charge in [-0.05, 0) is 38.8 Å². The Kier molecular flexibility index (Phi) is 6.33. The van der Waals surface area contributed by atoms with Crippen LogP contribution < -0.4 is 9.47 Å². The molecule has 0 saturated carbocycles. The van der Waals surface area contributed by atoms with E-state index in [0.29, 0.717) is 12.5 Å². The lowest BCUT2D eigenvalue weighted by Crippen LogP contribution is -2.30. The minimum atomic E-state index is 0.643. The third-order valence-electron chi connectivity index (χ3n) is 3.83. The highest BCUT2D eigenvalue weighted by atomic mass is 16.5. The van der Waals surface area contributed by atoms with Crippen molar-refractivity contribution in [3.8, 4) is 11.5 Å². The molecule has 0 aromatic heterocycles. The second kappa shape index (κ2) is 8.25. The Bertz CT molecular complexity index is 430. The summed E-state index contributed by atoms with van der Waals surface area (Å²) in [6.07, 6.45) is 2.45. The van der Waals surface area contributed by atoms with Gasteiger partial charge in [0, 0.05) is 25.3 Å². The van der Waals surface area contributed by atoms with E-state index in [4.69, 9.17) is 14.2 Å². The molecule has 4 nitrogen and oxygen atoms in total. The van der Waals surface area contributed by atoms with Crippen molar-refractivity contribution in [1.29, 1.82) is 0 Å². The van der Waals surface area contributed by atoms with E-state index < -0.39 is 0 Å². The second-order valence-corrected chi connectivity index (χ2v) is 5.66. The van der Waals surface area contributed by atoms with Crippen LogP contribution in [0.1, 0.15) is 25.3 Å². The van der Waals surface area contributed by atoms with Crippen molar-refractivity contribution in [2.75, 3.05) is 40.5 Å². The molecule has 0 bridgehead atoms. The van der Waals surface area contributed by atoms with Gasteiger partial charge in [0.05, 0.1) is 20.3 Å². The summed E-state index contributed by atoms with van der Waals surface area (Å²) >= 11 is 0. The van der Waals surface area contributed by atoms with Gasteiger partial charge in [0.25, 0.3) is 0 Å². The Morgan fingerprint density at radius 2 is 2.24 bits per heavy atom. The fourth-order valence-corrected chi connectivity index (χ4v) is 2.90. The van der Waals surface area contributed by atoms with Crippen LogP contribution >= 0.6 is 0 Å². The molecule has 4 heteroatoms. The summed E-state index contributed by atoms with van der Waals surface area (Å²) in [6, 6.07) is 6.08. The van der Waals surface area contributed by atoms with Crippen LogP contribution in [0.3, 0.4) is 0 Å². The maximum absolute atomic E-state index is 5.77. The Hall–Kier alpha value is -1.26. The molecule has 1 aromatic rings. The first-order valence-corrected chi connectivity index (χ1v) is 7.79. The largest absolute Gasteiger partial charge is 0.493 e. The highest BCUT2D eigenvalue weighted by Crippen LogP contribution is 2.32. The van der Waals surface area contributed by atoms with Crippen LogP contribution in [0.2, 0.25) is 0 Å². The third-order valence-corrected chi connectivity index (χ3v) is 3.83. The van der Waals surface area contributed by atoms with Crippen LogP contribution in [0, 0.1) is 5.92 Å². The predicted molar refractivity (Wildman–Crippen MR) is 84.0 cm³/mol. The molecule has 1 aromatic carbocycles. The van der Waals surface area contributed by atoms with Crippen molar-refractivity contribution in [2.24, 2.45) is 5.92 Å². The molecular weight excluding hydrogens is 266 g/mol. The topological polar surface area (TPSA) is 30.9 Å². The van der Waals surface area contributed by atoms with E-state index in [1.165, 1.54) is 18.4 Å². The lowest BCUT2D eigenvalue weighted by molar-refractivity contribution is 0.0410. The summed E-state index contributed by atoms with van der Waals surface area (Å²) < 4.78 is 16.7. The summed E-state index contributed by atoms with van der Waals surface area (Å²) in [5, 5.41) is 0. The zero-order chi connectivity index (χ0) is 15.1. The van der Waals surface area contributed by atoms with E-state index in [2.05, 4.69) is 18.0 Å². The van der Waals surface area contributed by atoms with Gasteiger partial charge in [-0.3, -0.25) is 0 Å². The van der Waals surface area contributed by atoms with Gasteiger partial charge < -0.3 is 19.1 Å². The lowest BCUT2D eigenvalue weighted by atomic mass is 10.0. The van der Waals surface area contributed by atoms with Crippen LogP contribution in [0.15, 0.2) is 18.2 Å². The molecule has 0 amide bonds. The van der Waals surface area contributed by atoms with Gasteiger partial charge in [-0.25, -0.2) is 0 Å². The molecule has 0 spiro atoms. The van der Waals surface area contributed by atoms with Crippen LogP contribution in [-0.4, -0.2) is 45.4 Å². The number of benzene rings is 1. The highest BCUT2D eigenvalue weighted by Gasteiger charge is 2.17. The van der Waals surface area contributed by atoms with Crippen molar-refractivity contribution < 1.29 is 14.2 Å². The fraction of sp³-hybridized carbons (Fsp3) is 0.647. The van der Waals surface area contributed by atoms with E-state index in [1.54, 1.807) is 7.11 Å². The van der Waals surface area contributed by atoms with Crippen LogP contribution in [-0.2, 0) is 11.3 Å². The first-order valence-electron chi connectivity index (χ1n) is 7.79. The lowest BCUT2D eigenvalue weighted by Gasteiger charge is -2.27. The van der Waals surface area contributed by atoms with E-state index >= 15 is 0 Å². The third kappa shape index (κ3) is 4.61. The Labute approximate surface area is 128 Å². The molecule has 1 heterocycles. The van der Waals surface area contributed by atoms with E-state index in [9.17, 15) is 0 Å². The van der Waals surface area contributed by atoms with E-state index in [1.807, 2.05) is 19.1 Å². The van der Waals surface area contributed by atoms with Gasteiger partial charge in [-0.15, -0.1) is 0 Å². The summed E-state index contributed by atoms with van der Waals surface area (Å²) in [5.41, 5.74) is 1.18. The molecule has 0 unspecified atom stereocenters. The molecule has 0 radical (unpaired) electrons. The molecule has 21 heavy (non-hydrogen) atoms. The van der Waals surface area contributed by atoms with Crippen LogP contribution in [0.4, 0.5) is 0 Å². The van der Waals surface area contributed by atoms with Gasteiger partial charge >= 0.3 is 0 Å². The molecule has 0 N–H and O–H groups in total. The Morgan fingerprint density at radius 3 is 2.90 bits per heavy atom. The molecule has 2 rings (SSSR count). The van der Waals surface area contributed by atoms with Gasteiger partial charge in [0.2, 0.25) is 0 Å². The molecule has 1 saturated heterocycles. The Balaban J connectivity index is 2.00. The zero-order valence-electron chi connectivity index (χ0n) is 13.4. The quantitative estimate of drug-likeness (QED) is 0.773. The van der Waals surface area contributed by atoms with Crippen molar-refractivity contribution in [3.63, 3.8) is 0 Å². The molecule has 1 atom stereocenters. The van der Waals surface area contributed by atoms with E-state index in [0.717, 1.165) is 37.8 Å². The van der Waals surface area contributed by atoms with Crippen LogP contribution in [0.25, 0.3) is 0 Å². The van der Waals surface area contributed by atoms with Gasteiger partial charge in [-0.1, -0.05) is 12.1 Å². The van der Waals surface area contributed by atoms with Crippen molar-refractivity contribution in [1.82, 2.24) is 4.90 Å². The summed E-state index contributed by atoms with van der Waals surface area (Å²) in [5.74, 6) is 2.32.